The monoisotopic (exact) mass is 413 g/mol. The minimum atomic E-state index is -0.171. The molecule has 5 rings (SSSR count). The molecule has 0 amide bonds. The number of aryl methyl sites for hydroxylation is 1. The van der Waals surface area contributed by atoms with Gasteiger partial charge in [-0.2, -0.15) is 5.10 Å². The van der Waals surface area contributed by atoms with Gasteiger partial charge in [-0.15, -0.1) is 0 Å². The molecule has 0 fully saturated rings. The molecule has 2 heterocycles. The van der Waals surface area contributed by atoms with E-state index >= 15 is 0 Å². The van der Waals surface area contributed by atoms with Crippen LogP contribution in [0.15, 0.2) is 59.8 Å². The van der Waals surface area contributed by atoms with Crippen molar-refractivity contribution in [2.24, 2.45) is 5.41 Å². The number of aromatic nitrogens is 2. The molecule has 1 aliphatic carbocycles. The van der Waals surface area contributed by atoms with Crippen LogP contribution in [0, 0.1) is 12.3 Å². The van der Waals surface area contributed by atoms with Gasteiger partial charge in [0.15, 0.2) is 11.6 Å². The molecule has 0 saturated heterocycles. The van der Waals surface area contributed by atoms with Crippen molar-refractivity contribution in [3.05, 3.63) is 76.5 Å². The second-order valence-corrected chi connectivity index (χ2v) is 9.39. The largest absolute Gasteiger partial charge is 0.497 e. The third kappa shape index (κ3) is 3.34. The first kappa shape index (κ1) is 19.6. The van der Waals surface area contributed by atoms with E-state index in [1.807, 2.05) is 12.1 Å². The zero-order valence-corrected chi connectivity index (χ0v) is 18.4. The molecule has 1 aliphatic heterocycles. The highest BCUT2D eigenvalue weighted by Gasteiger charge is 2.42. The fraction of sp³-hybridized carbons (Fsp3) is 0.308. The van der Waals surface area contributed by atoms with Gasteiger partial charge in [-0.25, -0.2) is 0 Å². The molecule has 158 valence electrons. The average molecular weight is 414 g/mol. The number of anilines is 1. The summed E-state index contributed by atoms with van der Waals surface area (Å²) in [6, 6.07) is 16.4. The lowest BCUT2D eigenvalue weighted by Crippen LogP contribution is -2.33. The quantitative estimate of drug-likeness (QED) is 0.587. The molecule has 2 aliphatic rings. The molecular formula is C26H27N3O2. The summed E-state index contributed by atoms with van der Waals surface area (Å²) in [4.78, 5) is 13.4. The normalized spacial score (nSPS) is 19.5. The number of hydrogen-bond acceptors (Lipinski definition) is 4. The zero-order valence-electron chi connectivity index (χ0n) is 18.4. The summed E-state index contributed by atoms with van der Waals surface area (Å²) < 4.78 is 5.36. The van der Waals surface area contributed by atoms with Gasteiger partial charge in [0.05, 0.1) is 12.8 Å². The van der Waals surface area contributed by atoms with Crippen LogP contribution < -0.4 is 10.1 Å². The Morgan fingerprint density at radius 1 is 1.03 bits per heavy atom. The molecule has 3 aromatic rings. The number of benzene rings is 2. The van der Waals surface area contributed by atoms with Gasteiger partial charge in [0.1, 0.15) is 5.75 Å². The van der Waals surface area contributed by atoms with E-state index in [4.69, 9.17) is 4.74 Å². The zero-order chi connectivity index (χ0) is 21.8. The maximum absolute atomic E-state index is 13.4. The van der Waals surface area contributed by atoms with Gasteiger partial charge in [-0.3, -0.25) is 9.89 Å². The van der Waals surface area contributed by atoms with Crippen LogP contribution in [0.5, 0.6) is 5.75 Å². The van der Waals surface area contributed by atoms with Crippen LogP contribution >= 0.6 is 0 Å². The van der Waals surface area contributed by atoms with Crippen molar-refractivity contribution in [2.75, 3.05) is 12.4 Å². The standard InChI is InChI=1S/C26H27N3O2/c1-15-5-7-17(8-6-15)24-23-21(16-9-11-18(31-4)12-10-16)22-19(27-25(23)29-28-24)13-26(2,3)14-20(22)30/h5-12,21H,13-14H2,1-4H3,(H2,27,28,29). The minimum Gasteiger partial charge on any atom is -0.497 e. The number of nitrogens with zero attached hydrogens (tertiary/aromatic N) is 1. The van der Waals surface area contributed by atoms with Gasteiger partial charge in [0, 0.05) is 29.2 Å². The molecule has 0 saturated carbocycles. The number of H-pyrrole nitrogens is 1. The first-order chi connectivity index (χ1) is 14.9. The minimum absolute atomic E-state index is 0.0685. The number of rotatable bonds is 3. The Balaban J connectivity index is 1.71. The SMILES string of the molecule is COc1ccc(C2C3=C(CC(C)(C)CC3=O)Nc3n[nH]c(-c4ccc(C)cc4)c32)cc1. The Kier molecular flexibility index (Phi) is 4.50. The van der Waals surface area contributed by atoms with E-state index in [2.05, 4.69) is 72.7 Å². The van der Waals surface area contributed by atoms with Crippen LogP contribution in [0.1, 0.15) is 49.3 Å². The fourth-order valence-electron chi connectivity index (χ4n) is 4.87. The second kappa shape index (κ2) is 7.12. The lowest BCUT2D eigenvalue weighted by atomic mass is 9.69. The first-order valence-electron chi connectivity index (χ1n) is 10.7. The van der Waals surface area contributed by atoms with Gasteiger partial charge >= 0.3 is 0 Å². The van der Waals surface area contributed by atoms with Gasteiger partial charge < -0.3 is 10.1 Å². The van der Waals surface area contributed by atoms with E-state index in [1.165, 1.54) is 5.56 Å². The molecule has 5 nitrogen and oxygen atoms in total. The topological polar surface area (TPSA) is 67.0 Å². The van der Waals surface area contributed by atoms with Crippen LogP contribution in [0.4, 0.5) is 5.82 Å². The molecule has 5 heteroatoms. The van der Waals surface area contributed by atoms with Crippen LogP contribution in [-0.4, -0.2) is 23.1 Å². The van der Waals surface area contributed by atoms with E-state index < -0.39 is 0 Å². The number of nitrogens with one attached hydrogen (secondary N) is 2. The number of fused-ring (bicyclic) bond motifs is 1. The highest BCUT2D eigenvalue weighted by atomic mass is 16.5. The van der Waals surface area contributed by atoms with Crippen LogP contribution in [0.3, 0.4) is 0 Å². The van der Waals surface area contributed by atoms with Crippen molar-refractivity contribution in [1.82, 2.24) is 10.2 Å². The van der Waals surface area contributed by atoms with Crippen LogP contribution in [0.25, 0.3) is 11.3 Å². The van der Waals surface area contributed by atoms with Crippen molar-refractivity contribution in [2.45, 2.75) is 39.5 Å². The molecule has 1 aromatic heterocycles. The van der Waals surface area contributed by atoms with E-state index in [-0.39, 0.29) is 17.1 Å². The van der Waals surface area contributed by atoms with Crippen LogP contribution in [0.2, 0.25) is 0 Å². The van der Waals surface area contributed by atoms with Crippen molar-refractivity contribution in [3.63, 3.8) is 0 Å². The number of hydrogen-bond donors (Lipinski definition) is 2. The van der Waals surface area contributed by atoms with Crippen molar-refractivity contribution in [1.29, 1.82) is 0 Å². The van der Waals surface area contributed by atoms with Gasteiger partial charge in [-0.05, 0) is 42.0 Å². The Hall–Kier alpha value is -3.34. The Morgan fingerprint density at radius 3 is 2.42 bits per heavy atom. The number of carbonyl (C=O) groups excluding carboxylic acids is 1. The summed E-state index contributed by atoms with van der Waals surface area (Å²) in [6.45, 7) is 6.38. The molecular weight excluding hydrogens is 386 g/mol. The van der Waals surface area contributed by atoms with E-state index in [0.29, 0.717) is 6.42 Å². The number of carbonyl (C=O) groups is 1. The number of aromatic amines is 1. The molecule has 31 heavy (non-hydrogen) atoms. The smallest absolute Gasteiger partial charge is 0.162 e. The average Bonchev–Trinajstić information content (AvgIpc) is 3.15. The lowest BCUT2D eigenvalue weighted by Gasteiger charge is -2.38. The number of Topliss-reactive ketones (excluding diaryl/α,β-unsaturated/α-hetero) is 1. The van der Waals surface area contributed by atoms with Crippen LogP contribution in [-0.2, 0) is 4.79 Å². The predicted molar refractivity (Wildman–Crippen MR) is 122 cm³/mol. The van der Waals surface area contributed by atoms with Crippen molar-refractivity contribution < 1.29 is 9.53 Å². The number of methoxy groups -OCH3 is 1. The van der Waals surface area contributed by atoms with E-state index in [0.717, 1.165) is 51.6 Å². The molecule has 1 unspecified atom stereocenters. The number of ether oxygens (including phenoxy) is 1. The summed E-state index contributed by atoms with van der Waals surface area (Å²) in [6.07, 6.45) is 1.38. The van der Waals surface area contributed by atoms with Gasteiger partial charge in [0.2, 0.25) is 0 Å². The Bertz CT molecular complexity index is 1180. The Morgan fingerprint density at radius 2 is 1.74 bits per heavy atom. The molecule has 2 N–H and O–H groups in total. The maximum atomic E-state index is 13.4. The molecule has 0 radical (unpaired) electrons. The summed E-state index contributed by atoms with van der Waals surface area (Å²) in [5.41, 5.74) is 7.11. The fourth-order valence-corrected chi connectivity index (χ4v) is 4.87. The first-order valence-corrected chi connectivity index (χ1v) is 10.7. The summed E-state index contributed by atoms with van der Waals surface area (Å²) in [7, 11) is 1.66. The van der Waals surface area contributed by atoms with Crippen molar-refractivity contribution >= 4 is 11.6 Å². The third-order valence-electron chi connectivity index (χ3n) is 6.36. The van der Waals surface area contributed by atoms with Crippen molar-refractivity contribution in [3.8, 4) is 17.0 Å². The lowest BCUT2D eigenvalue weighted by molar-refractivity contribution is -0.118. The second-order valence-electron chi connectivity index (χ2n) is 9.39. The molecule has 1 atom stereocenters. The molecule has 0 bridgehead atoms. The highest BCUT2D eigenvalue weighted by molar-refractivity contribution is 6.02. The summed E-state index contributed by atoms with van der Waals surface area (Å²) in [5.74, 6) is 1.65. The third-order valence-corrected chi connectivity index (χ3v) is 6.36. The summed E-state index contributed by atoms with van der Waals surface area (Å²) in [5, 5.41) is 11.4. The van der Waals surface area contributed by atoms with Gasteiger partial charge in [0.25, 0.3) is 0 Å². The summed E-state index contributed by atoms with van der Waals surface area (Å²) >= 11 is 0. The highest BCUT2D eigenvalue weighted by Crippen LogP contribution is 2.50. The van der Waals surface area contributed by atoms with Gasteiger partial charge in [-0.1, -0.05) is 55.8 Å². The van der Waals surface area contributed by atoms with E-state index in [1.54, 1.807) is 7.11 Å². The predicted octanol–water partition coefficient (Wildman–Crippen LogP) is 5.59. The molecule has 2 aromatic carbocycles. The maximum Gasteiger partial charge on any atom is 0.162 e. The number of allylic oxidation sites excluding steroid dienone is 2. The molecule has 0 spiro atoms. The number of ketones is 1. The van der Waals surface area contributed by atoms with E-state index in [9.17, 15) is 4.79 Å². The Labute approximate surface area is 182 Å².